The summed E-state index contributed by atoms with van der Waals surface area (Å²) in [5.74, 6) is 0.797. The Morgan fingerprint density at radius 1 is 1.05 bits per heavy atom. The van der Waals surface area contributed by atoms with E-state index >= 15 is 0 Å². The number of hydrogen-bond acceptors (Lipinski definition) is 4. The molecule has 2 aliphatic rings. The Morgan fingerprint density at radius 3 is 2.37 bits per heavy atom. The minimum Gasteiger partial charge on any atom is -0.379 e. The maximum atomic E-state index is 5.37. The van der Waals surface area contributed by atoms with Crippen LogP contribution in [0.2, 0.25) is 0 Å². The fraction of sp³-hybridized carbons (Fsp3) is 1.00. The highest BCUT2D eigenvalue weighted by molar-refractivity contribution is 4.78. The van der Waals surface area contributed by atoms with Gasteiger partial charge >= 0.3 is 0 Å². The molecule has 0 atom stereocenters. The van der Waals surface area contributed by atoms with Crippen molar-refractivity contribution >= 4 is 0 Å². The summed E-state index contributed by atoms with van der Waals surface area (Å²) in [6.45, 7) is 14.8. The molecule has 0 aromatic heterocycles. The third-order valence-corrected chi connectivity index (χ3v) is 4.18. The van der Waals surface area contributed by atoms with E-state index in [9.17, 15) is 0 Å². The molecule has 0 amide bonds. The van der Waals surface area contributed by atoms with Gasteiger partial charge in [0, 0.05) is 38.8 Å². The minimum atomic E-state index is 0.740. The van der Waals surface area contributed by atoms with Crippen LogP contribution in [0, 0.1) is 5.92 Å². The number of piperidine rings is 1. The molecule has 2 aliphatic heterocycles. The van der Waals surface area contributed by atoms with Crippen molar-refractivity contribution in [3.05, 3.63) is 0 Å². The summed E-state index contributed by atoms with van der Waals surface area (Å²) in [6, 6.07) is 0.740. The lowest BCUT2D eigenvalue weighted by molar-refractivity contribution is 0.0377. The summed E-state index contributed by atoms with van der Waals surface area (Å²) < 4.78 is 5.37. The van der Waals surface area contributed by atoms with E-state index in [1.165, 1.54) is 39.0 Å². The van der Waals surface area contributed by atoms with Crippen molar-refractivity contribution in [1.82, 2.24) is 15.1 Å². The highest BCUT2D eigenvalue weighted by Crippen LogP contribution is 2.11. The summed E-state index contributed by atoms with van der Waals surface area (Å²) in [5, 5.41) is 3.73. The monoisotopic (exact) mass is 269 g/mol. The first kappa shape index (κ1) is 15.2. The van der Waals surface area contributed by atoms with Crippen molar-refractivity contribution in [3.8, 4) is 0 Å². The topological polar surface area (TPSA) is 27.7 Å². The minimum absolute atomic E-state index is 0.740. The maximum absolute atomic E-state index is 5.37. The molecule has 19 heavy (non-hydrogen) atoms. The Morgan fingerprint density at radius 2 is 1.74 bits per heavy atom. The van der Waals surface area contributed by atoms with Crippen molar-refractivity contribution < 1.29 is 4.74 Å². The van der Waals surface area contributed by atoms with Crippen molar-refractivity contribution in [3.63, 3.8) is 0 Å². The van der Waals surface area contributed by atoms with E-state index in [0.717, 1.165) is 44.8 Å². The average molecular weight is 269 g/mol. The van der Waals surface area contributed by atoms with Crippen molar-refractivity contribution in [2.45, 2.75) is 32.7 Å². The van der Waals surface area contributed by atoms with Crippen LogP contribution in [0.4, 0.5) is 0 Å². The number of nitrogens with zero attached hydrogens (tertiary/aromatic N) is 2. The van der Waals surface area contributed by atoms with E-state index in [0.29, 0.717) is 0 Å². The molecule has 2 saturated heterocycles. The molecule has 0 bridgehead atoms. The van der Waals surface area contributed by atoms with Crippen molar-refractivity contribution in [2.24, 2.45) is 5.92 Å². The van der Waals surface area contributed by atoms with E-state index < -0.39 is 0 Å². The lowest BCUT2D eigenvalue weighted by atomic mass is 10.0. The fourth-order valence-corrected chi connectivity index (χ4v) is 3.09. The Bertz CT molecular complexity index is 234. The molecule has 0 aromatic rings. The zero-order valence-corrected chi connectivity index (χ0v) is 12.7. The molecule has 112 valence electrons. The highest BCUT2D eigenvalue weighted by atomic mass is 16.5. The molecule has 2 rings (SSSR count). The zero-order valence-electron chi connectivity index (χ0n) is 12.7. The second-order valence-corrected chi connectivity index (χ2v) is 6.38. The zero-order chi connectivity index (χ0) is 13.5. The second kappa shape index (κ2) is 8.20. The second-order valence-electron chi connectivity index (χ2n) is 6.38. The predicted molar refractivity (Wildman–Crippen MR) is 79.6 cm³/mol. The summed E-state index contributed by atoms with van der Waals surface area (Å²) in [6.07, 6.45) is 2.63. The molecule has 1 N–H and O–H groups in total. The molecule has 0 aromatic carbocycles. The number of rotatable bonds is 6. The average Bonchev–Trinajstić information content (AvgIpc) is 2.41. The lowest BCUT2D eigenvalue weighted by Gasteiger charge is -2.34. The van der Waals surface area contributed by atoms with Crippen molar-refractivity contribution in [2.75, 3.05) is 59.0 Å². The van der Waals surface area contributed by atoms with E-state index in [-0.39, 0.29) is 0 Å². The molecule has 4 nitrogen and oxygen atoms in total. The van der Waals surface area contributed by atoms with E-state index in [2.05, 4.69) is 29.0 Å². The van der Waals surface area contributed by atoms with Gasteiger partial charge in [-0.15, -0.1) is 0 Å². The molecule has 0 aliphatic carbocycles. The lowest BCUT2D eigenvalue weighted by Crippen LogP contribution is -2.46. The van der Waals surface area contributed by atoms with E-state index in [1.54, 1.807) is 0 Å². The van der Waals surface area contributed by atoms with Crippen LogP contribution in [-0.2, 0) is 4.74 Å². The van der Waals surface area contributed by atoms with Crippen LogP contribution in [0.5, 0.6) is 0 Å². The Labute approximate surface area is 118 Å². The van der Waals surface area contributed by atoms with Gasteiger partial charge in [-0.05, 0) is 31.8 Å². The van der Waals surface area contributed by atoms with Gasteiger partial charge < -0.3 is 15.0 Å². The van der Waals surface area contributed by atoms with Gasteiger partial charge in [0.2, 0.25) is 0 Å². The van der Waals surface area contributed by atoms with Crippen LogP contribution >= 0.6 is 0 Å². The predicted octanol–water partition coefficient (Wildman–Crippen LogP) is 1.03. The number of ether oxygens (including phenoxy) is 1. The van der Waals surface area contributed by atoms with Gasteiger partial charge in [-0.2, -0.15) is 0 Å². The number of likely N-dealkylation sites (tertiary alicyclic amines) is 1. The summed E-state index contributed by atoms with van der Waals surface area (Å²) in [4.78, 5) is 5.12. The Balaban J connectivity index is 1.53. The van der Waals surface area contributed by atoms with Crippen LogP contribution in [0.25, 0.3) is 0 Å². The highest BCUT2D eigenvalue weighted by Gasteiger charge is 2.19. The van der Waals surface area contributed by atoms with Crippen LogP contribution < -0.4 is 5.32 Å². The SMILES string of the molecule is CC(C)CN1CCC(NCCN2CCOCC2)CC1. The molecule has 2 fully saturated rings. The van der Waals surface area contributed by atoms with Crippen molar-refractivity contribution in [1.29, 1.82) is 0 Å². The number of hydrogen-bond donors (Lipinski definition) is 1. The maximum Gasteiger partial charge on any atom is 0.0594 e. The van der Waals surface area contributed by atoms with Crippen LogP contribution in [-0.4, -0.2) is 74.9 Å². The molecular weight excluding hydrogens is 238 g/mol. The summed E-state index contributed by atoms with van der Waals surface area (Å²) in [5.41, 5.74) is 0. The number of morpholine rings is 1. The van der Waals surface area contributed by atoms with Gasteiger partial charge in [-0.1, -0.05) is 13.8 Å². The third-order valence-electron chi connectivity index (χ3n) is 4.18. The van der Waals surface area contributed by atoms with Crippen LogP contribution in [0.15, 0.2) is 0 Å². The quantitative estimate of drug-likeness (QED) is 0.779. The largest absolute Gasteiger partial charge is 0.379 e. The molecule has 2 heterocycles. The van der Waals surface area contributed by atoms with Gasteiger partial charge in [0.15, 0.2) is 0 Å². The molecule has 4 heteroatoms. The van der Waals surface area contributed by atoms with Gasteiger partial charge in [0.25, 0.3) is 0 Å². The molecular formula is C15H31N3O. The fourth-order valence-electron chi connectivity index (χ4n) is 3.09. The normalized spacial score (nSPS) is 24.2. The third kappa shape index (κ3) is 5.78. The summed E-state index contributed by atoms with van der Waals surface area (Å²) in [7, 11) is 0. The van der Waals surface area contributed by atoms with E-state index in [1.807, 2.05) is 0 Å². The number of nitrogens with one attached hydrogen (secondary N) is 1. The molecule has 0 spiro atoms. The summed E-state index contributed by atoms with van der Waals surface area (Å²) >= 11 is 0. The molecule has 0 saturated carbocycles. The Kier molecular flexibility index (Phi) is 6.57. The smallest absolute Gasteiger partial charge is 0.0594 e. The Hall–Kier alpha value is -0.160. The first-order chi connectivity index (χ1) is 9.24. The molecule has 0 radical (unpaired) electrons. The standard InChI is InChI=1S/C15H31N3O/c1-14(2)13-18-6-3-15(4-7-18)16-5-8-17-9-11-19-12-10-17/h14-16H,3-13H2,1-2H3. The van der Waals surface area contributed by atoms with Crippen LogP contribution in [0.1, 0.15) is 26.7 Å². The van der Waals surface area contributed by atoms with Gasteiger partial charge in [-0.25, -0.2) is 0 Å². The van der Waals surface area contributed by atoms with Gasteiger partial charge in [0.1, 0.15) is 0 Å². The van der Waals surface area contributed by atoms with Crippen LogP contribution in [0.3, 0.4) is 0 Å². The van der Waals surface area contributed by atoms with E-state index in [4.69, 9.17) is 4.74 Å². The first-order valence-electron chi connectivity index (χ1n) is 8.00. The first-order valence-corrected chi connectivity index (χ1v) is 8.00. The van der Waals surface area contributed by atoms with Gasteiger partial charge in [-0.3, -0.25) is 4.90 Å². The molecule has 0 unspecified atom stereocenters. The van der Waals surface area contributed by atoms with Gasteiger partial charge in [0.05, 0.1) is 13.2 Å².